The van der Waals surface area contributed by atoms with Crippen molar-refractivity contribution in [2.45, 2.75) is 38.6 Å². The Labute approximate surface area is 218 Å². The van der Waals surface area contributed by atoms with Crippen LogP contribution in [0.15, 0.2) is 71.8 Å². The third kappa shape index (κ3) is 5.06. The minimum absolute atomic E-state index is 0. The molecule has 6 nitrogen and oxygen atoms in total. The minimum Gasteiger partial charge on any atom is -0.372 e. The van der Waals surface area contributed by atoms with Crippen molar-refractivity contribution in [2.24, 2.45) is 0 Å². The molecule has 2 aliphatic rings. The van der Waals surface area contributed by atoms with E-state index in [1.165, 1.54) is 50.9 Å². The highest BCUT2D eigenvalue weighted by Gasteiger charge is 2.13. The van der Waals surface area contributed by atoms with Crippen molar-refractivity contribution >= 4 is 29.0 Å². The van der Waals surface area contributed by atoms with Gasteiger partial charge in [0.15, 0.2) is 0 Å². The molecule has 4 aromatic rings. The molecule has 4 heterocycles. The molecule has 0 saturated carbocycles. The van der Waals surface area contributed by atoms with Crippen LogP contribution in [0.3, 0.4) is 0 Å². The molecule has 0 spiro atoms. The van der Waals surface area contributed by atoms with Gasteiger partial charge >= 0.3 is 0 Å². The molecule has 2 saturated heterocycles. The van der Waals surface area contributed by atoms with Crippen LogP contribution in [0.4, 0.5) is 5.69 Å². The highest BCUT2D eigenvalue weighted by molar-refractivity contribution is 5.85. The van der Waals surface area contributed by atoms with Gasteiger partial charge in [-0.25, -0.2) is 0 Å². The number of hydrogen-bond donors (Lipinski definition) is 0. The Kier molecular flexibility index (Phi) is 7.44. The maximum atomic E-state index is 13.0. The van der Waals surface area contributed by atoms with Crippen LogP contribution >= 0.6 is 12.4 Å². The zero-order chi connectivity index (χ0) is 23.6. The number of aromatic nitrogens is 3. The van der Waals surface area contributed by atoms with Crippen molar-refractivity contribution in [2.75, 3.05) is 37.6 Å². The van der Waals surface area contributed by atoms with Gasteiger partial charge in [-0.1, -0.05) is 12.1 Å². The van der Waals surface area contributed by atoms with Crippen molar-refractivity contribution in [3.8, 4) is 16.8 Å². The van der Waals surface area contributed by atoms with Crippen LogP contribution in [0, 0.1) is 0 Å². The van der Waals surface area contributed by atoms with Crippen LogP contribution in [-0.2, 0) is 6.54 Å². The summed E-state index contributed by atoms with van der Waals surface area (Å²) in [6, 6.07) is 18.6. The lowest BCUT2D eigenvalue weighted by Crippen LogP contribution is -2.29. The molecule has 0 N–H and O–H groups in total. The molecule has 0 radical (unpaired) electrons. The number of likely N-dealkylation sites (tertiary alicyclic amines) is 1. The van der Waals surface area contributed by atoms with Gasteiger partial charge in [-0.3, -0.25) is 14.0 Å². The first kappa shape index (κ1) is 24.6. The highest BCUT2D eigenvalue weighted by atomic mass is 35.5. The Hall–Kier alpha value is -3.09. The third-order valence-electron chi connectivity index (χ3n) is 7.57. The number of rotatable bonds is 6. The first-order chi connectivity index (χ1) is 17.2. The largest absolute Gasteiger partial charge is 0.372 e. The summed E-state index contributed by atoms with van der Waals surface area (Å²) in [5, 5.41) is 5.67. The Morgan fingerprint density at radius 2 is 1.44 bits per heavy atom. The second-order valence-corrected chi connectivity index (χ2v) is 9.88. The predicted molar refractivity (Wildman–Crippen MR) is 150 cm³/mol. The summed E-state index contributed by atoms with van der Waals surface area (Å²) in [5.41, 5.74) is 5.26. The molecule has 188 valence electrons. The second kappa shape index (κ2) is 10.9. The maximum Gasteiger partial charge on any atom is 0.255 e. The topological polar surface area (TPSA) is 46.3 Å². The fourth-order valence-corrected chi connectivity index (χ4v) is 5.53. The summed E-state index contributed by atoms with van der Waals surface area (Å²) in [7, 11) is 0. The molecule has 7 heteroatoms. The van der Waals surface area contributed by atoms with Crippen LogP contribution in [0.25, 0.3) is 27.7 Å². The van der Waals surface area contributed by atoms with Gasteiger partial charge in [-0.2, -0.15) is 5.10 Å². The van der Waals surface area contributed by atoms with E-state index in [9.17, 15) is 4.79 Å². The third-order valence-corrected chi connectivity index (χ3v) is 7.57. The van der Waals surface area contributed by atoms with Crippen LogP contribution in [0.5, 0.6) is 0 Å². The van der Waals surface area contributed by atoms with Gasteiger partial charge in [0.05, 0.1) is 18.3 Å². The average molecular weight is 504 g/mol. The smallest absolute Gasteiger partial charge is 0.255 e. The van der Waals surface area contributed by atoms with E-state index in [2.05, 4.69) is 56.0 Å². The van der Waals surface area contributed by atoms with Gasteiger partial charge in [0, 0.05) is 48.7 Å². The molecule has 0 amide bonds. The number of benzene rings is 2. The molecule has 2 fully saturated rings. The number of piperidine rings is 1. The summed E-state index contributed by atoms with van der Waals surface area (Å²) in [5.74, 6) is 0. The maximum absolute atomic E-state index is 13.0. The number of pyridine rings is 1. The minimum atomic E-state index is -0.0246. The number of halogens is 1. The van der Waals surface area contributed by atoms with Gasteiger partial charge in [0.1, 0.15) is 0 Å². The predicted octanol–water partition coefficient (Wildman–Crippen LogP) is 5.36. The molecule has 6 rings (SSSR count). The van der Waals surface area contributed by atoms with Gasteiger partial charge in [-0.15, -0.1) is 12.4 Å². The highest BCUT2D eigenvalue weighted by Crippen LogP contribution is 2.25. The normalized spacial score (nSPS) is 16.4. The van der Waals surface area contributed by atoms with Crippen molar-refractivity contribution < 1.29 is 0 Å². The van der Waals surface area contributed by atoms with Gasteiger partial charge in [0.25, 0.3) is 5.56 Å². The number of fused-ring (bicyclic) bond motifs is 1. The summed E-state index contributed by atoms with van der Waals surface area (Å²) >= 11 is 0. The summed E-state index contributed by atoms with van der Waals surface area (Å²) in [6.45, 7) is 6.61. The fraction of sp³-hybridized carbons (Fsp3) is 0.379. The van der Waals surface area contributed by atoms with Crippen molar-refractivity contribution in [1.29, 1.82) is 0 Å². The molecular formula is C29H34ClN5O. The van der Waals surface area contributed by atoms with E-state index in [1.54, 1.807) is 10.6 Å². The molecular weight excluding hydrogens is 470 g/mol. The number of nitrogens with zero attached hydrogens (tertiary/aromatic N) is 5. The fourth-order valence-electron chi connectivity index (χ4n) is 5.53. The van der Waals surface area contributed by atoms with E-state index >= 15 is 0 Å². The zero-order valence-corrected chi connectivity index (χ0v) is 21.5. The molecule has 2 aromatic carbocycles. The van der Waals surface area contributed by atoms with E-state index in [1.807, 2.05) is 24.5 Å². The second-order valence-electron chi connectivity index (χ2n) is 9.88. The lowest BCUT2D eigenvalue weighted by atomic mass is 10.1. The summed E-state index contributed by atoms with van der Waals surface area (Å²) < 4.78 is 3.80. The van der Waals surface area contributed by atoms with Crippen LogP contribution in [0.1, 0.15) is 32.1 Å². The van der Waals surface area contributed by atoms with Crippen molar-refractivity contribution in [1.82, 2.24) is 19.2 Å². The lowest BCUT2D eigenvalue weighted by Gasteiger charge is -2.28. The van der Waals surface area contributed by atoms with Crippen molar-refractivity contribution in [3.63, 3.8) is 0 Å². The van der Waals surface area contributed by atoms with Crippen LogP contribution < -0.4 is 10.5 Å². The number of anilines is 1. The van der Waals surface area contributed by atoms with Gasteiger partial charge in [0.2, 0.25) is 0 Å². The van der Waals surface area contributed by atoms with Crippen LogP contribution in [-0.4, -0.2) is 52.0 Å². The van der Waals surface area contributed by atoms with E-state index in [0.29, 0.717) is 0 Å². The average Bonchev–Trinajstić information content (AvgIpc) is 3.57. The van der Waals surface area contributed by atoms with E-state index < -0.39 is 0 Å². The number of hydrogen-bond acceptors (Lipinski definition) is 4. The first-order valence-corrected chi connectivity index (χ1v) is 13.0. The SMILES string of the molecule is Cl.O=c1cc(-c2ccc(N3CCCCC3)cc2)ccn1-c1ccc2c(cnn2CCN2CCCC2)c1. The summed E-state index contributed by atoms with van der Waals surface area (Å²) in [6.07, 6.45) is 10.3. The molecule has 0 unspecified atom stereocenters. The van der Waals surface area contributed by atoms with Crippen LogP contribution in [0.2, 0.25) is 0 Å². The van der Waals surface area contributed by atoms with E-state index in [0.717, 1.165) is 53.9 Å². The first-order valence-electron chi connectivity index (χ1n) is 13.0. The molecule has 2 aliphatic heterocycles. The molecule has 0 aliphatic carbocycles. The molecule has 0 atom stereocenters. The standard InChI is InChI=1S/C29H33N5O.ClH/c35-29-21-24(23-6-8-26(9-7-23)32-15-2-1-3-16-32)12-17-33(29)27-10-11-28-25(20-27)22-30-34(28)19-18-31-13-4-5-14-31;/h6-12,17,20-22H,1-5,13-16,18-19H2;1H. The molecule has 2 aromatic heterocycles. The Morgan fingerprint density at radius 1 is 0.722 bits per heavy atom. The zero-order valence-electron chi connectivity index (χ0n) is 20.7. The summed E-state index contributed by atoms with van der Waals surface area (Å²) in [4.78, 5) is 18.0. The molecule has 36 heavy (non-hydrogen) atoms. The monoisotopic (exact) mass is 503 g/mol. The van der Waals surface area contributed by atoms with E-state index in [-0.39, 0.29) is 18.0 Å². The Morgan fingerprint density at radius 3 is 2.19 bits per heavy atom. The van der Waals surface area contributed by atoms with Gasteiger partial charge in [-0.05, 0) is 92.7 Å². The van der Waals surface area contributed by atoms with Crippen molar-refractivity contribution in [3.05, 3.63) is 77.3 Å². The Balaban J connectivity index is 0.00000267. The van der Waals surface area contributed by atoms with Gasteiger partial charge < -0.3 is 9.80 Å². The lowest BCUT2D eigenvalue weighted by molar-refractivity contribution is 0.318. The van der Waals surface area contributed by atoms with E-state index in [4.69, 9.17) is 0 Å². The quantitative estimate of drug-likeness (QED) is 0.355. The Bertz CT molecular complexity index is 1360. The molecule has 0 bridgehead atoms.